The molecule has 3 heteroatoms. The van der Waals surface area contributed by atoms with Crippen LogP contribution in [0, 0.1) is 13.8 Å². The zero-order chi connectivity index (χ0) is 11.7. The fraction of sp³-hybridized carbons (Fsp3) is 0.500. The second-order valence-corrected chi connectivity index (χ2v) is 5.91. The molecule has 1 aromatic rings. The van der Waals surface area contributed by atoms with Gasteiger partial charge in [-0.25, -0.2) is 0 Å². The van der Waals surface area contributed by atoms with Crippen molar-refractivity contribution in [3.63, 3.8) is 0 Å². The number of hydrogen-bond acceptors (Lipinski definition) is 0. The van der Waals surface area contributed by atoms with Crippen LogP contribution in [0.5, 0.6) is 0 Å². The fourth-order valence-electron chi connectivity index (χ4n) is 1.75. The van der Waals surface area contributed by atoms with Crippen molar-refractivity contribution in [1.82, 2.24) is 0 Å². The van der Waals surface area contributed by atoms with Crippen molar-refractivity contribution in [1.29, 1.82) is 0 Å². The molecule has 0 aromatic heterocycles. The molecule has 0 spiro atoms. The summed E-state index contributed by atoms with van der Waals surface area (Å²) in [6, 6.07) is 0. The zero-order valence-electron chi connectivity index (χ0n) is 9.42. The van der Waals surface area contributed by atoms with E-state index in [9.17, 15) is 0 Å². The van der Waals surface area contributed by atoms with E-state index < -0.39 is 0 Å². The maximum Gasteiger partial charge on any atom is 0.0480 e. The Morgan fingerprint density at radius 2 is 1.47 bits per heavy atom. The van der Waals surface area contributed by atoms with Crippen LogP contribution in [0.1, 0.15) is 42.0 Å². The van der Waals surface area contributed by atoms with Crippen molar-refractivity contribution < 1.29 is 0 Å². The minimum absolute atomic E-state index is 0.496. The van der Waals surface area contributed by atoms with Gasteiger partial charge in [0.15, 0.2) is 0 Å². The smallest absolute Gasteiger partial charge is 0.0480 e. The van der Waals surface area contributed by atoms with Crippen molar-refractivity contribution in [2.45, 2.75) is 39.5 Å². The van der Waals surface area contributed by atoms with Crippen LogP contribution < -0.4 is 0 Å². The molecule has 1 rings (SSSR count). The van der Waals surface area contributed by atoms with E-state index in [-0.39, 0.29) is 0 Å². The third-order valence-electron chi connectivity index (χ3n) is 2.75. The second-order valence-electron chi connectivity index (χ2n) is 4.06. The summed E-state index contributed by atoms with van der Waals surface area (Å²) < 4.78 is 2.37. The lowest BCUT2D eigenvalue weighted by atomic mass is 9.94. The molecule has 0 heterocycles. The average Bonchev–Trinajstić information content (AvgIpc) is 2.16. The van der Waals surface area contributed by atoms with Crippen LogP contribution in [0.3, 0.4) is 0 Å². The summed E-state index contributed by atoms with van der Waals surface area (Å²) in [5.74, 6) is 1.06. The predicted molar refractivity (Wildman–Crippen MR) is 75.0 cm³/mol. The normalized spacial score (nSPS) is 11.2. The number of hydrogen-bond donors (Lipinski definition) is 0. The van der Waals surface area contributed by atoms with Crippen molar-refractivity contribution in [2.24, 2.45) is 0 Å². The molecule has 0 amide bonds. The van der Waals surface area contributed by atoms with Crippen molar-refractivity contribution in [3.05, 3.63) is 31.2 Å². The Hall–Kier alpha value is 0.470. The molecule has 0 nitrogen and oxygen atoms in total. The highest BCUT2D eigenvalue weighted by Crippen LogP contribution is 2.39. The Morgan fingerprint density at radius 3 is 1.73 bits per heavy atom. The Morgan fingerprint density at radius 1 is 1.07 bits per heavy atom. The predicted octanol–water partition coefficient (Wildman–Crippen LogP) is 5.69. The van der Waals surface area contributed by atoms with Gasteiger partial charge in [0.25, 0.3) is 0 Å². The third-order valence-corrected chi connectivity index (χ3v) is 5.06. The van der Waals surface area contributed by atoms with Gasteiger partial charge >= 0.3 is 0 Å². The average molecular weight is 355 g/mol. The van der Waals surface area contributed by atoms with Gasteiger partial charge in [-0.05, 0) is 42.0 Å². The van der Waals surface area contributed by atoms with E-state index in [0.717, 1.165) is 0 Å². The van der Waals surface area contributed by atoms with Gasteiger partial charge in [0.05, 0.1) is 0 Å². The van der Waals surface area contributed by atoms with Crippen LogP contribution in [-0.2, 0) is 5.88 Å². The number of alkyl halides is 1. The highest BCUT2D eigenvalue weighted by Gasteiger charge is 2.17. The standard InChI is InChI=1S/C12H15Br2Cl/c1-6(2)10-11(13)7(3)9(5-15)8(4)12(10)14/h6H,5H2,1-4H3. The minimum Gasteiger partial charge on any atom is -0.122 e. The van der Waals surface area contributed by atoms with E-state index >= 15 is 0 Å². The van der Waals surface area contributed by atoms with E-state index in [4.69, 9.17) is 11.6 Å². The lowest BCUT2D eigenvalue weighted by Crippen LogP contribution is -2.01. The molecule has 0 saturated carbocycles. The van der Waals surface area contributed by atoms with Crippen LogP contribution in [0.4, 0.5) is 0 Å². The van der Waals surface area contributed by atoms with E-state index in [1.54, 1.807) is 0 Å². The summed E-state index contributed by atoms with van der Waals surface area (Å²) >= 11 is 13.3. The summed E-state index contributed by atoms with van der Waals surface area (Å²) in [4.78, 5) is 0. The number of halogens is 3. The quantitative estimate of drug-likeness (QED) is 0.599. The van der Waals surface area contributed by atoms with Gasteiger partial charge < -0.3 is 0 Å². The van der Waals surface area contributed by atoms with Crippen molar-refractivity contribution >= 4 is 43.5 Å². The molecule has 15 heavy (non-hydrogen) atoms. The maximum absolute atomic E-state index is 5.97. The van der Waals surface area contributed by atoms with Crippen LogP contribution in [0.2, 0.25) is 0 Å². The molecule has 0 aliphatic heterocycles. The van der Waals surface area contributed by atoms with E-state index in [2.05, 4.69) is 59.6 Å². The van der Waals surface area contributed by atoms with Gasteiger partial charge in [0, 0.05) is 14.8 Å². The van der Waals surface area contributed by atoms with E-state index in [0.29, 0.717) is 11.8 Å². The Bertz CT molecular complexity index is 355. The van der Waals surface area contributed by atoms with Gasteiger partial charge in [-0.2, -0.15) is 0 Å². The van der Waals surface area contributed by atoms with E-state index in [1.807, 2.05) is 0 Å². The lowest BCUT2D eigenvalue weighted by Gasteiger charge is -2.19. The number of benzene rings is 1. The van der Waals surface area contributed by atoms with Crippen molar-refractivity contribution in [3.8, 4) is 0 Å². The van der Waals surface area contributed by atoms with E-state index in [1.165, 1.54) is 31.2 Å². The number of rotatable bonds is 2. The lowest BCUT2D eigenvalue weighted by molar-refractivity contribution is 0.847. The molecule has 0 radical (unpaired) electrons. The molecule has 0 aliphatic carbocycles. The maximum atomic E-state index is 5.97. The molecule has 84 valence electrons. The monoisotopic (exact) mass is 352 g/mol. The largest absolute Gasteiger partial charge is 0.122 e. The highest BCUT2D eigenvalue weighted by molar-refractivity contribution is 9.11. The molecule has 0 aliphatic rings. The van der Waals surface area contributed by atoms with Gasteiger partial charge in [0.2, 0.25) is 0 Å². The Kier molecular flexibility index (Phi) is 4.69. The molecule has 0 atom stereocenters. The summed E-state index contributed by atoms with van der Waals surface area (Å²) in [6.07, 6.45) is 0. The van der Waals surface area contributed by atoms with Gasteiger partial charge in [-0.3, -0.25) is 0 Å². The van der Waals surface area contributed by atoms with Crippen LogP contribution >= 0.6 is 43.5 Å². The molecule has 0 bridgehead atoms. The fourth-order valence-corrected chi connectivity index (χ4v) is 4.21. The highest BCUT2D eigenvalue weighted by atomic mass is 79.9. The molecule has 0 fully saturated rings. The Balaban J connectivity index is 3.59. The molecule has 0 N–H and O–H groups in total. The first-order valence-electron chi connectivity index (χ1n) is 4.94. The first-order chi connectivity index (χ1) is 6.91. The topological polar surface area (TPSA) is 0 Å². The summed E-state index contributed by atoms with van der Waals surface area (Å²) in [5.41, 5.74) is 5.07. The zero-order valence-corrected chi connectivity index (χ0v) is 13.3. The second kappa shape index (κ2) is 5.20. The summed E-state index contributed by atoms with van der Waals surface area (Å²) in [7, 11) is 0. The minimum atomic E-state index is 0.496. The molecule has 0 unspecified atom stereocenters. The molecular formula is C12H15Br2Cl. The third kappa shape index (κ3) is 2.42. The molecule has 1 aromatic carbocycles. The van der Waals surface area contributed by atoms with Gasteiger partial charge in [0.1, 0.15) is 0 Å². The summed E-state index contributed by atoms with van der Waals surface area (Å²) in [6.45, 7) is 8.63. The molecular weight excluding hydrogens is 339 g/mol. The first kappa shape index (κ1) is 13.5. The van der Waals surface area contributed by atoms with Gasteiger partial charge in [-0.1, -0.05) is 45.7 Å². The first-order valence-corrected chi connectivity index (χ1v) is 7.06. The summed E-state index contributed by atoms with van der Waals surface area (Å²) in [5, 5.41) is 0. The SMILES string of the molecule is Cc1c(Br)c(C(C)C)c(Br)c(C)c1CCl. The van der Waals surface area contributed by atoms with Crippen LogP contribution in [0.25, 0.3) is 0 Å². The van der Waals surface area contributed by atoms with Crippen molar-refractivity contribution in [2.75, 3.05) is 0 Å². The molecule has 0 saturated heterocycles. The Labute approximate surface area is 114 Å². The van der Waals surface area contributed by atoms with Gasteiger partial charge in [-0.15, -0.1) is 11.6 Å². The van der Waals surface area contributed by atoms with Crippen LogP contribution in [-0.4, -0.2) is 0 Å². The van der Waals surface area contributed by atoms with Crippen LogP contribution in [0.15, 0.2) is 8.95 Å².